The molecule has 6 nitrogen and oxygen atoms in total. The highest BCUT2D eigenvalue weighted by Gasteiger charge is 2.29. The van der Waals surface area contributed by atoms with Crippen molar-refractivity contribution in [3.63, 3.8) is 0 Å². The zero-order chi connectivity index (χ0) is 19.8. The third-order valence-corrected chi connectivity index (χ3v) is 4.82. The van der Waals surface area contributed by atoms with E-state index in [1.54, 1.807) is 19.1 Å². The lowest BCUT2D eigenvalue weighted by atomic mass is 10.1. The lowest BCUT2D eigenvalue weighted by Crippen LogP contribution is -2.82. The van der Waals surface area contributed by atoms with Crippen LogP contribution in [0.2, 0.25) is 0 Å². The second-order valence-electron chi connectivity index (χ2n) is 6.95. The highest BCUT2D eigenvalue weighted by atomic mass is 19.1. The fourth-order valence-corrected chi connectivity index (χ4v) is 3.20. The van der Waals surface area contributed by atoms with Crippen molar-refractivity contribution in [1.82, 2.24) is 9.55 Å². The minimum Gasteiger partial charge on any atom is -0.269 e. The summed E-state index contributed by atoms with van der Waals surface area (Å²) in [5, 5.41) is 6.45. The summed E-state index contributed by atoms with van der Waals surface area (Å²) in [5.74, 6) is 0.684. The smallest absolute Gasteiger partial charge is 0.269 e. The maximum atomic E-state index is 13.4. The standard InChI is InChI=1S/C21H20FN5O/c1-12-4-9-17(10-13(12)2)24-20-25-19(15-5-7-16(22)8-6-15)27-18(28)11-14(3)23-21(27)26-20/h4-11,19H,1-3H3,(H2,23,24,25,26)/p+1/t19-/m1/s1. The van der Waals surface area contributed by atoms with Crippen LogP contribution in [0.25, 0.3) is 0 Å². The maximum absolute atomic E-state index is 13.4. The molecule has 142 valence electrons. The molecule has 1 aliphatic rings. The van der Waals surface area contributed by atoms with Crippen LogP contribution in [0.4, 0.5) is 16.0 Å². The number of hydrogen-bond acceptors (Lipinski definition) is 4. The van der Waals surface area contributed by atoms with Crippen molar-refractivity contribution in [2.75, 3.05) is 10.6 Å². The number of anilines is 2. The summed E-state index contributed by atoms with van der Waals surface area (Å²) in [6, 6.07) is 13.6. The fraction of sp³-hybridized carbons (Fsp3) is 0.190. The number of hydrogen-bond donors (Lipinski definition) is 3. The lowest BCUT2D eigenvalue weighted by Gasteiger charge is -2.23. The van der Waals surface area contributed by atoms with E-state index in [0.717, 1.165) is 11.3 Å². The molecule has 7 heteroatoms. The van der Waals surface area contributed by atoms with Crippen LogP contribution in [0.3, 0.4) is 0 Å². The normalized spacial score (nSPS) is 15.4. The number of nitrogens with one attached hydrogen (secondary N) is 3. The first kappa shape index (κ1) is 17.9. The van der Waals surface area contributed by atoms with Crippen LogP contribution in [0, 0.1) is 26.6 Å². The van der Waals surface area contributed by atoms with Crippen LogP contribution in [0.1, 0.15) is 28.6 Å². The van der Waals surface area contributed by atoms with Gasteiger partial charge in [0.05, 0.1) is 5.69 Å². The van der Waals surface area contributed by atoms with Crippen molar-refractivity contribution in [2.45, 2.75) is 26.9 Å². The molecule has 1 aromatic heterocycles. The zero-order valence-corrected chi connectivity index (χ0v) is 15.9. The van der Waals surface area contributed by atoms with Crippen molar-refractivity contribution in [3.8, 4) is 0 Å². The van der Waals surface area contributed by atoms with Crippen LogP contribution in [-0.4, -0.2) is 15.5 Å². The number of aromatic nitrogens is 2. The molecule has 0 bridgehead atoms. The van der Waals surface area contributed by atoms with Gasteiger partial charge < -0.3 is 0 Å². The van der Waals surface area contributed by atoms with Gasteiger partial charge in [-0.05, 0) is 56.2 Å². The average molecular weight is 378 g/mol. The maximum Gasteiger partial charge on any atom is 0.357 e. The van der Waals surface area contributed by atoms with E-state index >= 15 is 0 Å². The quantitative estimate of drug-likeness (QED) is 0.636. The van der Waals surface area contributed by atoms with E-state index in [0.29, 0.717) is 17.6 Å². The second-order valence-corrected chi connectivity index (χ2v) is 6.95. The van der Waals surface area contributed by atoms with E-state index < -0.39 is 6.17 Å². The largest absolute Gasteiger partial charge is 0.357 e. The molecule has 28 heavy (non-hydrogen) atoms. The van der Waals surface area contributed by atoms with Gasteiger partial charge in [0.1, 0.15) is 5.82 Å². The molecule has 0 spiro atoms. The van der Waals surface area contributed by atoms with E-state index in [2.05, 4.69) is 27.5 Å². The Kier molecular flexibility index (Phi) is 4.43. The Labute approximate surface area is 161 Å². The molecule has 0 saturated heterocycles. The Bertz CT molecular complexity index is 1130. The molecule has 0 amide bonds. The van der Waals surface area contributed by atoms with Crippen LogP contribution in [0.5, 0.6) is 0 Å². The number of halogens is 1. The van der Waals surface area contributed by atoms with Gasteiger partial charge in [0.25, 0.3) is 11.5 Å². The second kappa shape index (κ2) is 6.92. The van der Waals surface area contributed by atoms with Crippen LogP contribution >= 0.6 is 0 Å². The van der Waals surface area contributed by atoms with Gasteiger partial charge in [0.2, 0.25) is 0 Å². The molecule has 2 aromatic carbocycles. The highest BCUT2D eigenvalue weighted by Crippen LogP contribution is 2.18. The fourth-order valence-electron chi connectivity index (χ4n) is 3.20. The first-order chi connectivity index (χ1) is 13.4. The molecular weight excluding hydrogens is 357 g/mol. The number of aryl methyl sites for hydroxylation is 3. The van der Waals surface area contributed by atoms with Gasteiger partial charge >= 0.3 is 5.96 Å². The van der Waals surface area contributed by atoms with Crippen molar-refractivity contribution in [3.05, 3.63) is 87.1 Å². The monoisotopic (exact) mass is 378 g/mol. The Morgan fingerprint density at radius 3 is 2.54 bits per heavy atom. The van der Waals surface area contributed by atoms with Crippen molar-refractivity contribution >= 4 is 17.6 Å². The number of fused-ring (bicyclic) bond motifs is 1. The predicted octanol–water partition coefficient (Wildman–Crippen LogP) is 1.83. The van der Waals surface area contributed by atoms with Gasteiger partial charge in [-0.3, -0.25) is 9.79 Å². The van der Waals surface area contributed by atoms with E-state index in [9.17, 15) is 9.18 Å². The molecule has 2 heterocycles. The molecule has 3 aromatic rings. The lowest BCUT2D eigenvalue weighted by molar-refractivity contribution is -0.520. The summed E-state index contributed by atoms with van der Waals surface area (Å²) in [5.41, 5.74) is 4.45. The van der Waals surface area contributed by atoms with Crippen molar-refractivity contribution in [2.24, 2.45) is 0 Å². The first-order valence-corrected chi connectivity index (χ1v) is 9.01. The van der Waals surface area contributed by atoms with Gasteiger partial charge in [-0.15, -0.1) is 0 Å². The van der Waals surface area contributed by atoms with Crippen LogP contribution in [-0.2, 0) is 0 Å². The molecule has 1 atom stereocenters. The summed E-state index contributed by atoms with van der Waals surface area (Å²) in [6.07, 6.45) is -0.522. The summed E-state index contributed by atoms with van der Waals surface area (Å²) < 4.78 is 14.9. The molecule has 0 unspecified atom stereocenters. The summed E-state index contributed by atoms with van der Waals surface area (Å²) in [7, 11) is 0. The number of guanidine groups is 1. The highest BCUT2D eigenvalue weighted by molar-refractivity contribution is 5.99. The summed E-state index contributed by atoms with van der Waals surface area (Å²) in [4.78, 5) is 20.4. The van der Waals surface area contributed by atoms with Gasteiger partial charge in [0.15, 0.2) is 6.17 Å². The topological polar surface area (TPSA) is 72.9 Å². The molecular formula is C21H21FN5O+. The molecule has 3 N–H and O–H groups in total. The number of nitrogens with zero attached hydrogens (tertiary/aromatic N) is 2. The molecule has 0 aliphatic carbocycles. The Morgan fingerprint density at radius 2 is 1.82 bits per heavy atom. The predicted molar refractivity (Wildman–Crippen MR) is 107 cm³/mol. The molecule has 4 rings (SSSR count). The Hall–Kier alpha value is -3.48. The molecule has 0 radical (unpaired) electrons. The molecule has 1 aliphatic heterocycles. The Morgan fingerprint density at radius 1 is 1.07 bits per heavy atom. The van der Waals surface area contributed by atoms with Gasteiger partial charge in [-0.25, -0.2) is 24.6 Å². The SMILES string of the molecule is Cc1cc(=O)n2c(n1)NC(Nc1ccc(C)c(C)c1)=[NH+][C@H]2c1ccc(F)cc1. The summed E-state index contributed by atoms with van der Waals surface area (Å²) in [6.45, 7) is 5.88. The van der Waals surface area contributed by atoms with E-state index in [-0.39, 0.29) is 11.4 Å². The zero-order valence-electron chi connectivity index (χ0n) is 15.9. The number of rotatable bonds is 2. The van der Waals surface area contributed by atoms with Gasteiger partial charge in [-0.1, -0.05) is 18.2 Å². The van der Waals surface area contributed by atoms with Gasteiger partial charge in [-0.2, -0.15) is 0 Å². The Balaban J connectivity index is 1.78. The first-order valence-electron chi connectivity index (χ1n) is 9.01. The van der Waals surface area contributed by atoms with Gasteiger partial charge in [0, 0.05) is 17.3 Å². The van der Waals surface area contributed by atoms with Crippen LogP contribution in [0.15, 0.2) is 53.3 Å². The van der Waals surface area contributed by atoms with Crippen LogP contribution < -0.4 is 21.2 Å². The average Bonchev–Trinajstić information content (AvgIpc) is 2.64. The number of benzene rings is 2. The minimum atomic E-state index is -0.522. The van der Waals surface area contributed by atoms with Crippen molar-refractivity contribution in [1.29, 1.82) is 0 Å². The van der Waals surface area contributed by atoms with Crippen molar-refractivity contribution < 1.29 is 9.38 Å². The van der Waals surface area contributed by atoms with E-state index in [1.807, 2.05) is 25.1 Å². The molecule has 0 fully saturated rings. The molecule has 0 saturated carbocycles. The van der Waals surface area contributed by atoms with E-state index in [4.69, 9.17) is 0 Å². The van der Waals surface area contributed by atoms with E-state index in [1.165, 1.54) is 33.9 Å². The third-order valence-electron chi connectivity index (χ3n) is 4.82. The minimum absolute atomic E-state index is 0.193. The third kappa shape index (κ3) is 3.38. The summed E-state index contributed by atoms with van der Waals surface area (Å²) >= 11 is 0.